The highest BCUT2D eigenvalue weighted by atomic mass is 32.2. The first-order chi connectivity index (χ1) is 8.99. The van der Waals surface area contributed by atoms with Crippen molar-refractivity contribution in [3.05, 3.63) is 0 Å². The normalized spacial score (nSPS) is 19.5. The number of nitrogens with one attached hydrogen (secondary N) is 1. The number of aliphatic carboxylic acids is 1. The van der Waals surface area contributed by atoms with E-state index in [1.165, 1.54) is 16.7 Å². The number of urea groups is 1. The topological polar surface area (TPSA) is 69.6 Å². The SMILES string of the molecule is CCC(CC)(CNC(=O)N1CSC[C@H]1C(=O)O)SC. The number of carbonyl (C=O) groups excluding carboxylic acids is 1. The van der Waals surface area contributed by atoms with E-state index < -0.39 is 12.0 Å². The van der Waals surface area contributed by atoms with Crippen LogP contribution in [0.15, 0.2) is 0 Å². The minimum atomic E-state index is -0.928. The molecular formula is C12H22N2O3S2. The van der Waals surface area contributed by atoms with Gasteiger partial charge in [-0.05, 0) is 19.1 Å². The molecule has 0 bridgehead atoms. The van der Waals surface area contributed by atoms with Gasteiger partial charge in [0.15, 0.2) is 0 Å². The van der Waals surface area contributed by atoms with E-state index in [0.29, 0.717) is 18.2 Å². The fourth-order valence-corrected chi connectivity index (χ4v) is 3.99. The van der Waals surface area contributed by atoms with Gasteiger partial charge in [0, 0.05) is 17.0 Å². The van der Waals surface area contributed by atoms with E-state index in [1.54, 1.807) is 11.8 Å². The predicted molar refractivity (Wildman–Crippen MR) is 80.8 cm³/mol. The molecule has 1 aliphatic heterocycles. The van der Waals surface area contributed by atoms with Crippen LogP contribution in [-0.4, -0.2) is 57.2 Å². The Labute approximate surface area is 122 Å². The fourth-order valence-electron chi connectivity index (χ4n) is 2.05. The van der Waals surface area contributed by atoms with Gasteiger partial charge in [0.25, 0.3) is 0 Å². The molecule has 1 heterocycles. The lowest BCUT2D eigenvalue weighted by atomic mass is 10.0. The maximum atomic E-state index is 12.1. The number of amides is 2. The number of hydrogen-bond donors (Lipinski definition) is 2. The first-order valence-corrected chi connectivity index (χ1v) is 8.77. The van der Waals surface area contributed by atoms with Crippen molar-refractivity contribution < 1.29 is 14.7 Å². The highest BCUT2D eigenvalue weighted by molar-refractivity contribution is 8.00. The van der Waals surface area contributed by atoms with Crippen LogP contribution < -0.4 is 5.32 Å². The van der Waals surface area contributed by atoms with E-state index in [9.17, 15) is 9.59 Å². The highest BCUT2D eigenvalue weighted by Gasteiger charge is 2.35. The second kappa shape index (κ2) is 7.28. The van der Waals surface area contributed by atoms with Crippen molar-refractivity contribution in [2.75, 3.05) is 24.4 Å². The summed E-state index contributed by atoms with van der Waals surface area (Å²) in [6, 6.07) is -0.963. The van der Waals surface area contributed by atoms with Gasteiger partial charge in [-0.3, -0.25) is 0 Å². The molecule has 0 aromatic carbocycles. The van der Waals surface area contributed by atoms with E-state index >= 15 is 0 Å². The third kappa shape index (κ3) is 3.95. The summed E-state index contributed by atoms with van der Waals surface area (Å²) in [7, 11) is 0. The maximum Gasteiger partial charge on any atom is 0.327 e. The molecule has 0 aromatic heterocycles. The van der Waals surface area contributed by atoms with Gasteiger partial charge in [0.2, 0.25) is 0 Å². The summed E-state index contributed by atoms with van der Waals surface area (Å²) >= 11 is 3.23. The third-order valence-electron chi connectivity index (χ3n) is 3.71. The number of nitrogens with zero attached hydrogens (tertiary/aromatic N) is 1. The summed E-state index contributed by atoms with van der Waals surface area (Å²) in [5, 5.41) is 12.0. The van der Waals surface area contributed by atoms with E-state index in [4.69, 9.17) is 5.11 Å². The zero-order valence-electron chi connectivity index (χ0n) is 11.6. The van der Waals surface area contributed by atoms with Crippen LogP contribution in [0.5, 0.6) is 0 Å². The van der Waals surface area contributed by atoms with Gasteiger partial charge >= 0.3 is 12.0 Å². The van der Waals surface area contributed by atoms with Crippen molar-refractivity contribution in [3.8, 4) is 0 Å². The van der Waals surface area contributed by atoms with Gasteiger partial charge < -0.3 is 15.3 Å². The Morgan fingerprint density at radius 2 is 2.11 bits per heavy atom. The average molecular weight is 306 g/mol. The zero-order chi connectivity index (χ0) is 14.5. The Morgan fingerprint density at radius 1 is 1.47 bits per heavy atom. The molecule has 1 saturated heterocycles. The maximum absolute atomic E-state index is 12.1. The molecular weight excluding hydrogens is 284 g/mol. The van der Waals surface area contributed by atoms with Gasteiger partial charge in [-0.1, -0.05) is 13.8 Å². The summed E-state index contributed by atoms with van der Waals surface area (Å²) < 4.78 is 0.0429. The van der Waals surface area contributed by atoms with Gasteiger partial charge in [-0.15, -0.1) is 11.8 Å². The first kappa shape index (κ1) is 16.5. The third-order valence-corrected chi connectivity index (χ3v) is 6.31. The molecule has 110 valence electrons. The fraction of sp³-hybridized carbons (Fsp3) is 0.833. The van der Waals surface area contributed by atoms with Crippen LogP contribution in [0.3, 0.4) is 0 Å². The van der Waals surface area contributed by atoms with Gasteiger partial charge in [-0.25, -0.2) is 9.59 Å². The lowest BCUT2D eigenvalue weighted by Gasteiger charge is -2.31. The highest BCUT2D eigenvalue weighted by Crippen LogP contribution is 2.29. The number of carboxylic acid groups (broad SMARTS) is 1. The number of carbonyl (C=O) groups is 2. The Balaban J connectivity index is 2.57. The van der Waals surface area contributed by atoms with Crippen LogP contribution in [0.25, 0.3) is 0 Å². The number of carboxylic acids is 1. The molecule has 0 unspecified atom stereocenters. The smallest absolute Gasteiger partial charge is 0.327 e. The molecule has 1 rings (SSSR count). The van der Waals surface area contributed by atoms with E-state index in [0.717, 1.165) is 12.8 Å². The number of thioether (sulfide) groups is 2. The molecule has 0 aromatic rings. The molecule has 5 nitrogen and oxygen atoms in total. The van der Waals surface area contributed by atoms with Crippen molar-refractivity contribution in [1.82, 2.24) is 10.2 Å². The summed E-state index contributed by atoms with van der Waals surface area (Å²) in [5.41, 5.74) is 0. The van der Waals surface area contributed by atoms with Crippen LogP contribution in [0.2, 0.25) is 0 Å². The minimum absolute atomic E-state index is 0.0429. The molecule has 19 heavy (non-hydrogen) atoms. The van der Waals surface area contributed by atoms with Crippen molar-refractivity contribution in [1.29, 1.82) is 0 Å². The van der Waals surface area contributed by atoms with Crippen LogP contribution >= 0.6 is 23.5 Å². The monoisotopic (exact) mass is 306 g/mol. The van der Waals surface area contributed by atoms with Crippen LogP contribution in [-0.2, 0) is 4.79 Å². The molecule has 7 heteroatoms. The Hall–Kier alpha value is -0.560. The average Bonchev–Trinajstić information content (AvgIpc) is 2.90. The molecule has 1 aliphatic rings. The van der Waals surface area contributed by atoms with Crippen molar-refractivity contribution in [3.63, 3.8) is 0 Å². The van der Waals surface area contributed by atoms with Crippen molar-refractivity contribution in [2.45, 2.75) is 37.5 Å². The van der Waals surface area contributed by atoms with Gasteiger partial charge in [0.1, 0.15) is 6.04 Å². The summed E-state index contributed by atoms with van der Waals surface area (Å²) in [5.74, 6) is -0.00654. The molecule has 1 atom stereocenters. The minimum Gasteiger partial charge on any atom is -0.480 e. The lowest BCUT2D eigenvalue weighted by molar-refractivity contribution is -0.140. The number of hydrogen-bond acceptors (Lipinski definition) is 4. The Bertz CT molecular complexity index is 327. The molecule has 2 N–H and O–H groups in total. The van der Waals surface area contributed by atoms with E-state index in [1.807, 2.05) is 6.26 Å². The molecule has 2 amide bonds. The Kier molecular flexibility index (Phi) is 6.32. The summed E-state index contributed by atoms with van der Waals surface area (Å²) in [6.07, 6.45) is 4.00. The quantitative estimate of drug-likeness (QED) is 0.786. The Morgan fingerprint density at radius 3 is 2.58 bits per heavy atom. The zero-order valence-corrected chi connectivity index (χ0v) is 13.3. The number of rotatable bonds is 6. The van der Waals surface area contributed by atoms with Crippen LogP contribution in [0, 0.1) is 0 Å². The summed E-state index contributed by atoms with van der Waals surface area (Å²) in [6.45, 7) is 4.79. The van der Waals surface area contributed by atoms with Crippen molar-refractivity contribution >= 4 is 35.5 Å². The van der Waals surface area contributed by atoms with Crippen LogP contribution in [0.4, 0.5) is 4.79 Å². The van der Waals surface area contributed by atoms with Crippen LogP contribution in [0.1, 0.15) is 26.7 Å². The molecule has 1 fully saturated rings. The second-order valence-corrected chi connectivity index (χ2v) is 6.85. The predicted octanol–water partition coefficient (Wildman–Crippen LogP) is 2.08. The summed E-state index contributed by atoms with van der Waals surface area (Å²) in [4.78, 5) is 24.5. The second-order valence-electron chi connectivity index (χ2n) is 4.58. The van der Waals surface area contributed by atoms with Gasteiger partial charge in [0.05, 0.1) is 5.88 Å². The molecule has 0 aliphatic carbocycles. The largest absolute Gasteiger partial charge is 0.480 e. The standard InChI is InChI=1S/C12H22N2O3S2/c1-4-12(5-2,18-3)7-13-11(17)14-8-19-6-9(14)10(15)16/h9H,4-8H2,1-3H3,(H,13,17)(H,15,16)/t9-/m0/s1. The molecule has 0 saturated carbocycles. The lowest BCUT2D eigenvalue weighted by Crippen LogP contribution is -2.50. The first-order valence-electron chi connectivity index (χ1n) is 6.39. The van der Waals surface area contributed by atoms with E-state index in [2.05, 4.69) is 19.2 Å². The molecule has 0 radical (unpaired) electrons. The molecule has 0 spiro atoms. The van der Waals surface area contributed by atoms with Crippen molar-refractivity contribution in [2.24, 2.45) is 0 Å². The van der Waals surface area contributed by atoms with E-state index in [-0.39, 0.29) is 10.8 Å². The van der Waals surface area contributed by atoms with Gasteiger partial charge in [-0.2, -0.15) is 11.8 Å².